The maximum absolute atomic E-state index is 5.70. The van der Waals surface area contributed by atoms with E-state index < -0.39 is 0 Å². The van der Waals surface area contributed by atoms with Crippen LogP contribution in [-0.2, 0) is 0 Å². The fourth-order valence-electron chi connectivity index (χ4n) is 1.72. The zero-order chi connectivity index (χ0) is 11.5. The molecule has 0 bridgehead atoms. The van der Waals surface area contributed by atoms with Crippen molar-refractivity contribution in [3.8, 4) is 11.5 Å². The van der Waals surface area contributed by atoms with Gasteiger partial charge in [-0.1, -0.05) is 13.0 Å². The first-order valence-corrected chi connectivity index (χ1v) is 6.31. The third-order valence-corrected chi connectivity index (χ3v) is 3.59. The fraction of sp³-hybridized carbons (Fsp3) is 0.500. The molecule has 1 aliphatic heterocycles. The largest absolute Gasteiger partial charge is 0.490 e. The minimum atomic E-state index is 0.312. The van der Waals surface area contributed by atoms with Crippen LogP contribution < -0.4 is 15.2 Å². The summed E-state index contributed by atoms with van der Waals surface area (Å²) < 4.78 is 12.3. The van der Waals surface area contributed by atoms with Crippen molar-refractivity contribution in [2.24, 2.45) is 5.73 Å². The average molecular weight is 286 g/mol. The molecule has 0 aliphatic carbocycles. The fourth-order valence-corrected chi connectivity index (χ4v) is 2.56. The lowest BCUT2D eigenvalue weighted by Crippen LogP contribution is -2.10. The van der Waals surface area contributed by atoms with Crippen molar-refractivity contribution in [1.82, 2.24) is 0 Å². The van der Waals surface area contributed by atoms with Gasteiger partial charge in [0.05, 0.1) is 17.7 Å². The number of benzene rings is 1. The Labute approximate surface area is 104 Å². The molecule has 1 atom stereocenters. The van der Waals surface area contributed by atoms with Gasteiger partial charge in [-0.15, -0.1) is 0 Å². The summed E-state index contributed by atoms with van der Waals surface area (Å²) in [6.45, 7) is 4.14. The van der Waals surface area contributed by atoms with Gasteiger partial charge in [-0.3, -0.25) is 0 Å². The molecule has 1 heterocycles. The molecule has 0 fully saturated rings. The summed E-state index contributed by atoms with van der Waals surface area (Å²) in [6, 6.07) is 4.02. The lowest BCUT2D eigenvalue weighted by Gasteiger charge is -2.16. The molecule has 1 aromatic carbocycles. The highest BCUT2D eigenvalue weighted by atomic mass is 79.9. The second-order valence-electron chi connectivity index (χ2n) is 3.98. The normalized spacial score (nSPS) is 16.7. The monoisotopic (exact) mass is 285 g/mol. The summed E-state index contributed by atoms with van der Waals surface area (Å²) in [5.41, 5.74) is 6.86. The van der Waals surface area contributed by atoms with Crippen molar-refractivity contribution in [3.63, 3.8) is 0 Å². The van der Waals surface area contributed by atoms with Crippen LogP contribution in [0.4, 0.5) is 0 Å². The Morgan fingerprint density at radius 1 is 1.38 bits per heavy atom. The predicted molar refractivity (Wildman–Crippen MR) is 67.2 cm³/mol. The van der Waals surface area contributed by atoms with E-state index in [4.69, 9.17) is 15.2 Å². The molecule has 1 unspecified atom stereocenters. The molecule has 16 heavy (non-hydrogen) atoms. The van der Waals surface area contributed by atoms with Crippen molar-refractivity contribution in [3.05, 3.63) is 22.2 Å². The van der Waals surface area contributed by atoms with E-state index in [2.05, 4.69) is 28.9 Å². The summed E-state index contributed by atoms with van der Waals surface area (Å²) in [7, 11) is 0. The van der Waals surface area contributed by atoms with Gasteiger partial charge in [0.15, 0.2) is 11.5 Å². The van der Waals surface area contributed by atoms with Gasteiger partial charge in [-0.05, 0) is 40.0 Å². The molecule has 1 aromatic rings. The molecule has 3 nitrogen and oxygen atoms in total. The minimum absolute atomic E-state index is 0.312. The van der Waals surface area contributed by atoms with E-state index in [1.165, 1.54) is 5.56 Å². The number of rotatable bonds is 2. The summed E-state index contributed by atoms with van der Waals surface area (Å²) >= 11 is 3.58. The van der Waals surface area contributed by atoms with Crippen LogP contribution in [0.25, 0.3) is 0 Å². The van der Waals surface area contributed by atoms with Crippen LogP contribution >= 0.6 is 15.9 Å². The maximum atomic E-state index is 5.70. The van der Waals surface area contributed by atoms with Gasteiger partial charge in [-0.25, -0.2) is 0 Å². The van der Waals surface area contributed by atoms with Crippen molar-refractivity contribution >= 4 is 15.9 Å². The molecule has 0 radical (unpaired) electrons. The van der Waals surface area contributed by atoms with Gasteiger partial charge >= 0.3 is 0 Å². The molecule has 88 valence electrons. The van der Waals surface area contributed by atoms with Crippen molar-refractivity contribution in [2.45, 2.75) is 19.3 Å². The zero-order valence-corrected chi connectivity index (χ0v) is 10.9. The highest BCUT2D eigenvalue weighted by Crippen LogP contribution is 2.41. The second kappa shape index (κ2) is 5.06. The highest BCUT2D eigenvalue weighted by Gasteiger charge is 2.18. The van der Waals surface area contributed by atoms with Gasteiger partial charge in [0.25, 0.3) is 0 Å². The average Bonchev–Trinajstić information content (AvgIpc) is 2.54. The Morgan fingerprint density at radius 3 is 2.88 bits per heavy atom. The predicted octanol–water partition coefficient (Wildman–Crippen LogP) is 2.67. The number of halogens is 1. The smallest absolute Gasteiger partial charge is 0.175 e. The molecule has 0 saturated carbocycles. The summed E-state index contributed by atoms with van der Waals surface area (Å²) in [6.07, 6.45) is 0.920. The van der Waals surface area contributed by atoms with Crippen LogP contribution in [0.15, 0.2) is 16.6 Å². The molecular weight excluding hydrogens is 270 g/mol. The van der Waals surface area contributed by atoms with Crippen LogP contribution in [0.2, 0.25) is 0 Å². The van der Waals surface area contributed by atoms with Crippen LogP contribution in [-0.4, -0.2) is 19.8 Å². The Bertz CT molecular complexity index is 382. The van der Waals surface area contributed by atoms with Crippen LogP contribution in [0.3, 0.4) is 0 Å². The first-order chi connectivity index (χ1) is 7.74. The molecule has 0 amide bonds. The van der Waals surface area contributed by atoms with Gasteiger partial charge in [0, 0.05) is 6.42 Å². The number of nitrogens with two attached hydrogens (primary N) is 1. The van der Waals surface area contributed by atoms with Crippen molar-refractivity contribution in [1.29, 1.82) is 0 Å². The first kappa shape index (κ1) is 11.7. The van der Waals surface area contributed by atoms with E-state index >= 15 is 0 Å². The topological polar surface area (TPSA) is 44.5 Å². The van der Waals surface area contributed by atoms with Gasteiger partial charge < -0.3 is 15.2 Å². The number of fused-ring (bicyclic) bond motifs is 1. The molecule has 1 aliphatic rings. The van der Waals surface area contributed by atoms with Crippen LogP contribution in [0.1, 0.15) is 24.8 Å². The standard InChI is InChI=1S/C12H16BrNO2/c1-8(7-14)9-3-4-10-12(11(9)13)16-6-2-5-15-10/h3-4,8H,2,5-7,14H2,1H3. The lowest BCUT2D eigenvalue weighted by atomic mass is 10.0. The number of ether oxygens (including phenoxy) is 2. The second-order valence-corrected chi connectivity index (χ2v) is 4.78. The van der Waals surface area contributed by atoms with Gasteiger partial charge in [0.1, 0.15) is 0 Å². The molecule has 4 heteroatoms. The summed E-state index contributed by atoms with van der Waals surface area (Å²) in [5, 5.41) is 0. The van der Waals surface area contributed by atoms with E-state index in [-0.39, 0.29) is 0 Å². The SMILES string of the molecule is CC(CN)c1ccc2c(c1Br)OCCCO2. The van der Waals surface area contributed by atoms with E-state index in [0.29, 0.717) is 25.7 Å². The lowest BCUT2D eigenvalue weighted by molar-refractivity contribution is 0.296. The zero-order valence-electron chi connectivity index (χ0n) is 9.33. The van der Waals surface area contributed by atoms with Crippen molar-refractivity contribution < 1.29 is 9.47 Å². The van der Waals surface area contributed by atoms with Crippen molar-refractivity contribution in [2.75, 3.05) is 19.8 Å². The molecule has 0 aromatic heterocycles. The molecule has 0 saturated heterocycles. The van der Waals surface area contributed by atoms with Crippen LogP contribution in [0.5, 0.6) is 11.5 Å². The minimum Gasteiger partial charge on any atom is -0.490 e. The Morgan fingerprint density at radius 2 is 2.12 bits per heavy atom. The third-order valence-electron chi connectivity index (χ3n) is 2.77. The van der Waals surface area contributed by atoms with E-state index in [9.17, 15) is 0 Å². The quantitative estimate of drug-likeness (QED) is 0.909. The summed E-state index contributed by atoms with van der Waals surface area (Å²) in [5.74, 6) is 1.94. The highest BCUT2D eigenvalue weighted by molar-refractivity contribution is 9.10. The maximum Gasteiger partial charge on any atom is 0.175 e. The number of hydrogen-bond donors (Lipinski definition) is 1. The van der Waals surface area contributed by atoms with E-state index in [0.717, 1.165) is 22.4 Å². The first-order valence-electron chi connectivity index (χ1n) is 5.52. The Balaban J connectivity index is 2.41. The molecule has 2 N–H and O–H groups in total. The Hall–Kier alpha value is -0.740. The van der Waals surface area contributed by atoms with Gasteiger partial charge in [0.2, 0.25) is 0 Å². The van der Waals surface area contributed by atoms with E-state index in [1.54, 1.807) is 0 Å². The third kappa shape index (κ3) is 2.18. The molecule has 0 spiro atoms. The Kier molecular flexibility index (Phi) is 3.71. The van der Waals surface area contributed by atoms with E-state index in [1.807, 2.05) is 6.07 Å². The molecule has 2 rings (SSSR count). The molecular formula is C12H16BrNO2. The van der Waals surface area contributed by atoms with Gasteiger partial charge in [-0.2, -0.15) is 0 Å². The van der Waals surface area contributed by atoms with Crippen LogP contribution in [0, 0.1) is 0 Å². The number of hydrogen-bond acceptors (Lipinski definition) is 3. The summed E-state index contributed by atoms with van der Waals surface area (Å²) in [4.78, 5) is 0.